The third-order valence-electron chi connectivity index (χ3n) is 5.35. The highest BCUT2D eigenvalue weighted by atomic mass is 127. The van der Waals surface area contributed by atoms with Crippen LogP contribution in [0.15, 0.2) is 72.4 Å². The fourth-order valence-electron chi connectivity index (χ4n) is 3.59. The number of urea groups is 1. The van der Waals surface area contributed by atoms with Crippen LogP contribution in [0.5, 0.6) is 5.75 Å². The molecule has 3 aromatic carbocycles. The molecule has 0 radical (unpaired) electrons. The van der Waals surface area contributed by atoms with Gasteiger partial charge in [0.1, 0.15) is 24.6 Å². The molecule has 4 rings (SSSR count). The summed E-state index contributed by atoms with van der Waals surface area (Å²) in [5, 5.41) is 16.1. The van der Waals surface area contributed by atoms with Crippen LogP contribution in [-0.4, -0.2) is 34.2 Å². The van der Waals surface area contributed by atoms with E-state index >= 15 is 0 Å². The smallest absolute Gasteiger partial charge is 0.329 e. The average Bonchev–Trinajstić information content (AvgIpc) is 3.11. The standard InChI is InChI=1S/C26H21IN4O6/c1-16-4-2-6-19(10-16)28-24(32)14-30-25(33)22(29-26(30)34)13-17-8-9-23(21(27)12-17)37-15-18-5-3-7-20(11-18)31(35)36/h2-13H,14-15H2,1H3,(H,28,32)(H,29,34)/b22-13+. The van der Waals surface area contributed by atoms with Crippen molar-refractivity contribution < 1.29 is 24.0 Å². The maximum atomic E-state index is 12.8. The minimum absolute atomic E-state index is 0.0114. The summed E-state index contributed by atoms with van der Waals surface area (Å²) >= 11 is 2.08. The van der Waals surface area contributed by atoms with Crippen LogP contribution in [0.3, 0.4) is 0 Å². The second-order valence-electron chi connectivity index (χ2n) is 8.20. The van der Waals surface area contributed by atoms with Crippen LogP contribution in [-0.2, 0) is 16.2 Å². The quantitative estimate of drug-likeness (QED) is 0.126. The van der Waals surface area contributed by atoms with Crippen LogP contribution in [0.2, 0.25) is 0 Å². The first kappa shape index (κ1) is 25.8. The van der Waals surface area contributed by atoms with Crippen LogP contribution in [0.4, 0.5) is 16.2 Å². The van der Waals surface area contributed by atoms with Crippen LogP contribution < -0.4 is 15.4 Å². The minimum atomic E-state index is -0.678. The van der Waals surface area contributed by atoms with E-state index in [-0.39, 0.29) is 18.0 Å². The molecule has 0 bridgehead atoms. The minimum Gasteiger partial charge on any atom is -0.488 e. The molecule has 0 aromatic heterocycles. The summed E-state index contributed by atoms with van der Waals surface area (Å²) in [5.74, 6) is -0.536. The first-order valence-electron chi connectivity index (χ1n) is 11.1. The highest BCUT2D eigenvalue weighted by molar-refractivity contribution is 14.1. The zero-order valence-corrected chi connectivity index (χ0v) is 21.7. The molecule has 1 aliphatic rings. The number of nitro benzene ring substituents is 1. The molecule has 4 amide bonds. The summed E-state index contributed by atoms with van der Waals surface area (Å²) in [6.45, 7) is 1.62. The van der Waals surface area contributed by atoms with Gasteiger partial charge >= 0.3 is 6.03 Å². The molecular formula is C26H21IN4O6. The lowest BCUT2D eigenvalue weighted by atomic mass is 10.2. The van der Waals surface area contributed by atoms with Gasteiger partial charge in [-0.25, -0.2) is 9.69 Å². The Balaban J connectivity index is 1.39. The number of nitrogens with zero attached hydrogens (tertiary/aromatic N) is 2. The number of non-ortho nitro benzene ring substituents is 1. The van der Waals surface area contributed by atoms with Crippen molar-refractivity contribution in [2.24, 2.45) is 0 Å². The van der Waals surface area contributed by atoms with Gasteiger partial charge in [0.05, 0.1) is 8.49 Å². The topological polar surface area (TPSA) is 131 Å². The van der Waals surface area contributed by atoms with E-state index in [0.717, 1.165) is 14.0 Å². The number of aryl methyl sites for hydroxylation is 1. The second-order valence-corrected chi connectivity index (χ2v) is 9.36. The Morgan fingerprint density at radius 1 is 1.14 bits per heavy atom. The van der Waals surface area contributed by atoms with E-state index in [1.807, 2.05) is 13.0 Å². The molecule has 0 atom stereocenters. The Morgan fingerprint density at radius 2 is 1.92 bits per heavy atom. The molecule has 3 aromatic rings. The maximum Gasteiger partial charge on any atom is 0.329 e. The van der Waals surface area contributed by atoms with E-state index in [1.54, 1.807) is 48.5 Å². The molecule has 0 saturated carbocycles. The van der Waals surface area contributed by atoms with Crippen molar-refractivity contribution in [3.05, 3.63) is 103 Å². The third kappa shape index (κ3) is 6.50. The highest BCUT2D eigenvalue weighted by Crippen LogP contribution is 2.25. The maximum absolute atomic E-state index is 12.8. The van der Waals surface area contributed by atoms with Crippen molar-refractivity contribution in [3.63, 3.8) is 0 Å². The summed E-state index contributed by atoms with van der Waals surface area (Å²) in [4.78, 5) is 48.8. The SMILES string of the molecule is Cc1cccc(NC(=O)CN2C(=O)N/C(=C/c3ccc(OCc4cccc([N+](=O)[O-])c4)c(I)c3)C2=O)c1. The molecule has 188 valence electrons. The Morgan fingerprint density at radius 3 is 2.65 bits per heavy atom. The van der Waals surface area contributed by atoms with E-state index in [9.17, 15) is 24.5 Å². The normalized spacial score (nSPS) is 14.0. The number of rotatable bonds is 8. The first-order valence-corrected chi connectivity index (χ1v) is 12.1. The lowest BCUT2D eigenvalue weighted by Crippen LogP contribution is -2.38. The van der Waals surface area contributed by atoms with Crippen molar-refractivity contribution in [1.82, 2.24) is 10.2 Å². The molecule has 0 spiro atoms. The van der Waals surface area contributed by atoms with Crippen molar-refractivity contribution in [2.45, 2.75) is 13.5 Å². The molecule has 37 heavy (non-hydrogen) atoms. The summed E-state index contributed by atoms with van der Waals surface area (Å²) in [6, 6.07) is 17.9. The molecule has 1 saturated heterocycles. The number of nitro groups is 1. The van der Waals surface area contributed by atoms with Crippen LogP contribution in [0.1, 0.15) is 16.7 Å². The average molecular weight is 612 g/mol. The van der Waals surface area contributed by atoms with Gasteiger partial charge in [0.15, 0.2) is 0 Å². The molecule has 1 aliphatic heterocycles. The number of ether oxygens (including phenoxy) is 1. The number of halogens is 1. The zero-order valence-electron chi connectivity index (χ0n) is 19.6. The largest absolute Gasteiger partial charge is 0.488 e. The van der Waals surface area contributed by atoms with E-state index in [2.05, 4.69) is 33.2 Å². The predicted octanol–water partition coefficient (Wildman–Crippen LogP) is 4.62. The van der Waals surface area contributed by atoms with Gasteiger partial charge in [-0.05, 0) is 76.5 Å². The van der Waals surface area contributed by atoms with Crippen molar-refractivity contribution in [3.8, 4) is 5.75 Å². The summed E-state index contributed by atoms with van der Waals surface area (Å²) in [6.07, 6.45) is 1.52. The number of anilines is 1. The number of nitrogens with one attached hydrogen (secondary N) is 2. The summed E-state index contributed by atoms with van der Waals surface area (Å²) in [5.41, 5.74) is 2.88. The lowest BCUT2D eigenvalue weighted by Gasteiger charge is -2.12. The number of imide groups is 1. The molecule has 1 fully saturated rings. The number of hydrogen-bond donors (Lipinski definition) is 2. The number of carbonyl (C=O) groups is 3. The van der Waals surface area contributed by atoms with E-state index in [1.165, 1.54) is 18.2 Å². The van der Waals surface area contributed by atoms with Crippen LogP contribution in [0.25, 0.3) is 6.08 Å². The van der Waals surface area contributed by atoms with Crippen LogP contribution in [0, 0.1) is 20.6 Å². The van der Waals surface area contributed by atoms with Gasteiger partial charge in [0.2, 0.25) is 5.91 Å². The summed E-state index contributed by atoms with van der Waals surface area (Å²) in [7, 11) is 0. The van der Waals surface area contributed by atoms with Crippen molar-refractivity contribution in [2.75, 3.05) is 11.9 Å². The van der Waals surface area contributed by atoms with Gasteiger partial charge in [-0.1, -0.05) is 30.3 Å². The monoisotopic (exact) mass is 612 g/mol. The number of hydrogen-bond acceptors (Lipinski definition) is 6. The molecule has 0 aliphatic carbocycles. The Hall–Kier alpha value is -4.26. The Labute approximate surface area is 225 Å². The first-order chi connectivity index (χ1) is 17.7. The molecule has 10 nitrogen and oxygen atoms in total. The highest BCUT2D eigenvalue weighted by Gasteiger charge is 2.35. The van der Waals surface area contributed by atoms with Crippen molar-refractivity contribution in [1.29, 1.82) is 0 Å². The number of benzene rings is 3. The molecule has 2 N–H and O–H groups in total. The second kappa shape index (κ2) is 11.2. The number of amides is 4. The number of carbonyl (C=O) groups excluding carboxylic acids is 3. The van der Waals surface area contributed by atoms with Crippen molar-refractivity contribution >= 4 is 57.9 Å². The lowest BCUT2D eigenvalue weighted by molar-refractivity contribution is -0.384. The van der Waals surface area contributed by atoms with Gasteiger partial charge in [-0.15, -0.1) is 0 Å². The van der Waals surface area contributed by atoms with Crippen LogP contribution >= 0.6 is 22.6 Å². The third-order valence-corrected chi connectivity index (χ3v) is 6.19. The van der Waals surface area contributed by atoms with E-state index in [4.69, 9.17) is 4.74 Å². The van der Waals surface area contributed by atoms with Gasteiger partial charge in [-0.2, -0.15) is 0 Å². The molecule has 0 unspecified atom stereocenters. The fraction of sp³-hybridized carbons (Fsp3) is 0.115. The van der Waals surface area contributed by atoms with Gasteiger partial charge in [-0.3, -0.25) is 19.7 Å². The van der Waals surface area contributed by atoms with Gasteiger partial charge < -0.3 is 15.4 Å². The molecular weight excluding hydrogens is 591 g/mol. The molecule has 1 heterocycles. The summed E-state index contributed by atoms with van der Waals surface area (Å²) < 4.78 is 6.54. The van der Waals surface area contributed by atoms with E-state index in [0.29, 0.717) is 22.6 Å². The van der Waals surface area contributed by atoms with Gasteiger partial charge in [0, 0.05) is 17.8 Å². The molecule has 11 heteroatoms. The Kier molecular flexibility index (Phi) is 7.82. The zero-order chi connectivity index (χ0) is 26.5. The predicted molar refractivity (Wildman–Crippen MR) is 145 cm³/mol. The Bertz CT molecular complexity index is 1440. The fourth-order valence-corrected chi connectivity index (χ4v) is 4.29. The van der Waals surface area contributed by atoms with E-state index < -0.39 is 29.3 Å². The van der Waals surface area contributed by atoms with Gasteiger partial charge in [0.25, 0.3) is 11.6 Å².